The molecule has 0 heterocycles. The van der Waals surface area contributed by atoms with Crippen LogP contribution < -0.4 is 0 Å². The van der Waals surface area contributed by atoms with E-state index in [1.807, 2.05) is 0 Å². The third kappa shape index (κ3) is 15.7. The molecular weight excluding hydrogens is 280 g/mol. The minimum atomic E-state index is -0.839. The molecule has 17 heavy (non-hydrogen) atoms. The molecule has 0 aromatic rings. The van der Waals surface area contributed by atoms with Crippen molar-refractivity contribution in [2.24, 2.45) is 0 Å². The van der Waals surface area contributed by atoms with E-state index in [0.29, 0.717) is 0 Å². The van der Waals surface area contributed by atoms with Crippen molar-refractivity contribution in [2.45, 2.75) is 64.2 Å². The Morgan fingerprint density at radius 1 is 0.882 bits per heavy atom. The first-order chi connectivity index (χ1) is 8.27. The van der Waals surface area contributed by atoms with Crippen molar-refractivity contribution in [2.75, 3.05) is 5.33 Å². The van der Waals surface area contributed by atoms with Gasteiger partial charge in [-0.1, -0.05) is 67.0 Å². The van der Waals surface area contributed by atoms with Gasteiger partial charge in [-0.2, -0.15) is 0 Å². The minimum Gasteiger partial charge on any atom is -0.478 e. The number of unbranched alkanes of at least 4 members (excludes halogenated alkanes) is 9. The predicted octanol–water partition coefficient (Wildman–Crippen LogP) is 4.92. The first kappa shape index (κ1) is 16.7. The molecule has 0 amide bonds. The number of halogens is 1. The second-order valence-corrected chi connectivity index (χ2v) is 5.19. The molecule has 0 rings (SSSR count). The van der Waals surface area contributed by atoms with Gasteiger partial charge in [0.1, 0.15) is 0 Å². The van der Waals surface area contributed by atoms with Gasteiger partial charge in [-0.3, -0.25) is 0 Å². The zero-order chi connectivity index (χ0) is 12.8. The predicted molar refractivity (Wildman–Crippen MR) is 76.7 cm³/mol. The Labute approximate surface area is 114 Å². The Kier molecular flexibility index (Phi) is 13.5. The lowest BCUT2D eigenvalue weighted by Crippen LogP contribution is -1.86. The van der Waals surface area contributed by atoms with Gasteiger partial charge >= 0.3 is 5.97 Å². The highest BCUT2D eigenvalue weighted by molar-refractivity contribution is 9.09. The highest BCUT2D eigenvalue weighted by atomic mass is 79.9. The Morgan fingerprint density at radius 3 is 1.82 bits per heavy atom. The summed E-state index contributed by atoms with van der Waals surface area (Å²) in [6.07, 6.45) is 15.6. The molecule has 0 aliphatic heterocycles. The van der Waals surface area contributed by atoms with Gasteiger partial charge in [0.05, 0.1) is 0 Å². The van der Waals surface area contributed by atoms with Crippen LogP contribution in [0.1, 0.15) is 64.2 Å². The Balaban J connectivity index is 3.01. The Morgan fingerprint density at radius 2 is 1.35 bits per heavy atom. The highest BCUT2D eigenvalue weighted by Gasteiger charge is 1.92. The maximum absolute atomic E-state index is 10.2. The van der Waals surface area contributed by atoms with Crippen molar-refractivity contribution in [1.29, 1.82) is 0 Å². The lowest BCUT2D eigenvalue weighted by molar-refractivity contribution is -0.131. The molecule has 100 valence electrons. The van der Waals surface area contributed by atoms with Crippen molar-refractivity contribution in [3.8, 4) is 0 Å². The first-order valence-electron chi connectivity index (χ1n) is 6.73. The molecule has 1 N–H and O–H groups in total. The van der Waals surface area contributed by atoms with Crippen molar-refractivity contribution in [1.82, 2.24) is 0 Å². The Bertz CT molecular complexity index is 202. The van der Waals surface area contributed by atoms with Gasteiger partial charge in [-0.15, -0.1) is 0 Å². The molecule has 0 atom stereocenters. The average Bonchev–Trinajstić information content (AvgIpc) is 2.30. The smallest absolute Gasteiger partial charge is 0.327 e. The molecule has 0 aromatic carbocycles. The maximum atomic E-state index is 10.2. The molecule has 0 radical (unpaired) electrons. The third-order valence-electron chi connectivity index (χ3n) is 2.76. The lowest BCUT2D eigenvalue weighted by atomic mass is 10.1. The van der Waals surface area contributed by atoms with Crippen LogP contribution in [0, 0.1) is 0 Å². The second-order valence-electron chi connectivity index (χ2n) is 4.40. The van der Waals surface area contributed by atoms with Crippen LogP contribution in [0.25, 0.3) is 0 Å². The van der Waals surface area contributed by atoms with Crippen LogP contribution in [-0.2, 0) is 4.79 Å². The molecule has 0 saturated heterocycles. The number of carboxylic acids is 1. The molecule has 3 heteroatoms. The van der Waals surface area contributed by atoms with E-state index < -0.39 is 5.97 Å². The first-order valence-corrected chi connectivity index (χ1v) is 7.85. The van der Waals surface area contributed by atoms with E-state index in [4.69, 9.17) is 5.11 Å². The summed E-state index contributed by atoms with van der Waals surface area (Å²) in [4.78, 5) is 10.2. The maximum Gasteiger partial charge on any atom is 0.327 e. The summed E-state index contributed by atoms with van der Waals surface area (Å²) in [6.45, 7) is 0. The van der Waals surface area contributed by atoms with Crippen molar-refractivity contribution in [3.05, 3.63) is 12.2 Å². The van der Waals surface area contributed by atoms with E-state index in [1.165, 1.54) is 57.4 Å². The number of carboxylic acid groups (broad SMARTS) is 1. The van der Waals surface area contributed by atoms with Gasteiger partial charge in [-0.25, -0.2) is 4.79 Å². The zero-order valence-corrected chi connectivity index (χ0v) is 12.3. The van der Waals surface area contributed by atoms with Gasteiger partial charge in [0.15, 0.2) is 0 Å². The summed E-state index contributed by atoms with van der Waals surface area (Å²) in [6, 6.07) is 0. The molecule has 0 aliphatic rings. The van der Waals surface area contributed by atoms with Crippen molar-refractivity contribution in [3.63, 3.8) is 0 Å². The highest BCUT2D eigenvalue weighted by Crippen LogP contribution is 2.11. The van der Waals surface area contributed by atoms with Gasteiger partial charge in [0, 0.05) is 11.4 Å². The molecule has 0 spiro atoms. The average molecular weight is 305 g/mol. The van der Waals surface area contributed by atoms with E-state index in [-0.39, 0.29) is 0 Å². The van der Waals surface area contributed by atoms with Crippen molar-refractivity contribution < 1.29 is 9.90 Å². The number of rotatable bonds is 12. The number of carbonyl (C=O) groups is 1. The zero-order valence-electron chi connectivity index (χ0n) is 10.7. The number of hydrogen-bond donors (Lipinski definition) is 1. The molecular formula is C14H25BrO2. The molecule has 2 nitrogen and oxygen atoms in total. The molecule has 0 saturated carbocycles. The van der Waals surface area contributed by atoms with E-state index in [0.717, 1.165) is 18.2 Å². The van der Waals surface area contributed by atoms with Gasteiger partial charge in [-0.05, 0) is 19.3 Å². The fraction of sp³-hybridized carbons (Fsp3) is 0.786. The fourth-order valence-corrected chi connectivity index (χ4v) is 2.17. The lowest BCUT2D eigenvalue weighted by Gasteiger charge is -2.00. The quantitative estimate of drug-likeness (QED) is 0.315. The standard InChI is InChI=1S/C14H25BrO2/c15-13-11-9-7-5-3-1-2-4-6-8-10-12-14(16)17/h10,12H,1-9,11,13H2,(H,16,17). The number of hydrogen-bond acceptors (Lipinski definition) is 1. The third-order valence-corrected chi connectivity index (χ3v) is 3.33. The van der Waals surface area contributed by atoms with E-state index in [1.54, 1.807) is 6.08 Å². The summed E-state index contributed by atoms with van der Waals surface area (Å²) >= 11 is 3.44. The fourth-order valence-electron chi connectivity index (χ4n) is 1.78. The summed E-state index contributed by atoms with van der Waals surface area (Å²) < 4.78 is 0. The SMILES string of the molecule is O=C(O)C=CCCCCCCCCCCCBr. The summed E-state index contributed by atoms with van der Waals surface area (Å²) in [5.41, 5.74) is 0. The van der Waals surface area contributed by atoms with Crippen LogP contribution in [0.15, 0.2) is 12.2 Å². The summed E-state index contributed by atoms with van der Waals surface area (Å²) in [5, 5.41) is 9.52. The number of alkyl halides is 1. The normalized spacial score (nSPS) is 11.1. The minimum absolute atomic E-state index is 0.839. The van der Waals surface area contributed by atoms with Crippen LogP contribution in [0.5, 0.6) is 0 Å². The number of allylic oxidation sites excluding steroid dienone is 1. The van der Waals surface area contributed by atoms with Crippen LogP contribution in [0.4, 0.5) is 0 Å². The Hall–Kier alpha value is -0.310. The number of aliphatic carboxylic acids is 1. The molecule has 0 fully saturated rings. The van der Waals surface area contributed by atoms with Gasteiger partial charge in [0.2, 0.25) is 0 Å². The summed E-state index contributed by atoms with van der Waals surface area (Å²) in [5.74, 6) is -0.839. The largest absolute Gasteiger partial charge is 0.478 e. The van der Waals surface area contributed by atoms with Crippen LogP contribution in [0.3, 0.4) is 0 Å². The van der Waals surface area contributed by atoms with E-state index in [9.17, 15) is 4.79 Å². The van der Waals surface area contributed by atoms with Crippen LogP contribution in [-0.4, -0.2) is 16.4 Å². The van der Waals surface area contributed by atoms with Gasteiger partial charge < -0.3 is 5.11 Å². The topological polar surface area (TPSA) is 37.3 Å². The molecule has 0 unspecified atom stereocenters. The monoisotopic (exact) mass is 304 g/mol. The van der Waals surface area contributed by atoms with Crippen molar-refractivity contribution >= 4 is 21.9 Å². The van der Waals surface area contributed by atoms with E-state index in [2.05, 4.69) is 15.9 Å². The van der Waals surface area contributed by atoms with Crippen LogP contribution >= 0.6 is 15.9 Å². The van der Waals surface area contributed by atoms with E-state index >= 15 is 0 Å². The summed E-state index contributed by atoms with van der Waals surface area (Å²) in [7, 11) is 0. The van der Waals surface area contributed by atoms with Crippen LogP contribution in [0.2, 0.25) is 0 Å². The molecule has 0 aromatic heterocycles. The second kappa shape index (κ2) is 13.8. The van der Waals surface area contributed by atoms with Gasteiger partial charge in [0.25, 0.3) is 0 Å². The molecule has 0 bridgehead atoms. The molecule has 0 aliphatic carbocycles.